The van der Waals surface area contributed by atoms with Gasteiger partial charge in [0.1, 0.15) is 0 Å². The number of likely N-dealkylation sites (tertiary alicyclic amines) is 1. The van der Waals surface area contributed by atoms with E-state index in [4.69, 9.17) is 9.47 Å². The van der Waals surface area contributed by atoms with E-state index in [1.807, 2.05) is 23.1 Å². The lowest BCUT2D eigenvalue weighted by Crippen LogP contribution is -2.45. The molecule has 2 saturated heterocycles. The second-order valence-electron chi connectivity index (χ2n) is 9.73. The van der Waals surface area contributed by atoms with E-state index in [2.05, 4.69) is 36.5 Å². The topological polar surface area (TPSA) is 67.9 Å². The molecule has 3 aliphatic rings. The van der Waals surface area contributed by atoms with Crippen molar-refractivity contribution in [3.05, 3.63) is 59.2 Å². The number of rotatable bonds is 6. The fourth-order valence-corrected chi connectivity index (χ4v) is 5.63. The molecule has 5 rings (SSSR count). The van der Waals surface area contributed by atoms with Crippen LogP contribution in [0.25, 0.3) is 0 Å². The Kier molecular flexibility index (Phi) is 6.00. The largest absolute Gasteiger partial charge is 0.454 e. The van der Waals surface area contributed by atoms with Gasteiger partial charge in [0.2, 0.25) is 18.6 Å². The maximum Gasteiger partial charge on any atom is 0.231 e. The fourth-order valence-electron chi connectivity index (χ4n) is 5.63. The molecule has 2 fully saturated rings. The van der Waals surface area contributed by atoms with Gasteiger partial charge in [-0.1, -0.05) is 30.3 Å². The van der Waals surface area contributed by atoms with Crippen LogP contribution in [0.2, 0.25) is 0 Å². The lowest BCUT2D eigenvalue weighted by molar-refractivity contribution is -0.133. The number of carbonyl (C=O) groups is 2. The quantitative estimate of drug-likeness (QED) is 0.723. The Morgan fingerprint density at radius 2 is 2.03 bits per heavy atom. The molecule has 33 heavy (non-hydrogen) atoms. The van der Waals surface area contributed by atoms with Crippen molar-refractivity contribution in [1.29, 1.82) is 0 Å². The molecule has 0 radical (unpaired) electrons. The third kappa shape index (κ3) is 4.70. The number of amides is 2. The Hall–Kier alpha value is -3.02. The number of hydrogen-bond acceptors (Lipinski definition) is 4. The molecule has 0 aliphatic carbocycles. The Bertz CT molecular complexity index is 1050. The highest BCUT2D eigenvalue weighted by Crippen LogP contribution is 2.36. The molecule has 3 heterocycles. The van der Waals surface area contributed by atoms with Gasteiger partial charge in [-0.2, -0.15) is 0 Å². The van der Waals surface area contributed by atoms with Gasteiger partial charge in [-0.25, -0.2) is 0 Å². The van der Waals surface area contributed by atoms with Gasteiger partial charge in [-0.15, -0.1) is 0 Å². The minimum Gasteiger partial charge on any atom is -0.454 e. The van der Waals surface area contributed by atoms with Crippen molar-refractivity contribution in [3.63, 3.8) is 0 Å². The minimum atomic E-state index is -0.383. The number of nitrogens with zero attached hydrogens (tertiary/aromatic N) is 1. The Morgan fingerprint density at radius 3 is 2.85 bits per heavy atom. The summed E-state index contributed by atoms with van der Waals surface area (Å²) in [6, 6.07) is 14.5. The number of carbonyl (C=O) groups excluding carboxylic acids is 2. The lowest BCUT2D eigenvalue weighted by atomic mass is 9.84. The second kappa shape index (κ2) is 9.08. The summed E-state index contributed by atoms with van der Waals surface area (Å²) < 4.78 is 10.9. The molecule has 0 spiro atoms. The zero-order valence-electron chi connectivity index (χ0n) is 19.3. The van der Waals surface area contributed by atoms with E-state index in [9.17, 15) is 9.59 Å². The van der Waals surface area contributed by atoms with Crippen LogP contribution in [0.5, 0.6) is 11.5 Å². The smallest absolute Gasteiger partial charge is 0.231 e. The van der Waals surface area contributed by atoms with Crippen LogP contribution < -0.4 is 14.8 Å². The molecule has 2 atom stereocenters. The van der Waals surface area contributed by atoms with Crippen LogP contribution in [0.15, 0.2) is 42.5 Å². The molecule has 0 aromatic heterocycles. The molecule has 0 unspecified atom stereocenters. The Balaban J connectivity index is 1.24. The highest BCUT2D eigenvalue weighted by atomic mass is 16.7. The summed E-state index contributed by atoms with van der Waals surface area (Å²) in [7, 11) is 0. The van der Waals surface area contributed by atoms with Crippen molar-refractivity contribution in [1.82, 2.24) is 10.2 Å². The number of benzene rings is 2. The molecule has 6 nitrogen and oxygen atoms in total. The van der Waals surface area contributed by atoms with Crippen LogP contribution in [0.1, 0.15) is 61.1 Å². The highest BCUT2D eigenvalue weighted by Gasteiger charge is 2.39. The van der Waals surface area contributed by atoms with Crippen molar-refractivity contribution in [2.75, 3.05) is 19.9 Å². The number of ether oxygens (including phenoxy) is 2. The molecular formula is C27H32N2O4. The Labute approximate surface area is 195 Å². The lowest BCUT2D eigenvalue weighted by Gasteiger charge is -2.35. The normalized spacial score (nSPS) is 24.1. The minimum absolute atomic E-state index is 0.0702. The third-order valence-corrected chi connectivity index (χ3v) is 7.43. The average Bonchev–Trinajstić information content (AvgIpc) is 3.44. The number of fused-ring (bicyclic) bond motifs is 1. The predicted molar refractivity (Wildman–Crippen MR) is 125 cm³/mol. The summed E-state index contributed by atoms with van der Waals surface area (Å²) in [6.45, 7) is 4.00. The van der Waals surface area contributed by atoms with Gasteiger partial charge in [0, 0.05) is 37.4 Å². The van der Waals surface area contributed by atoms with Crippen LogP contribution in [0.3, 0.4) is 0 Å². The third-order valence-electron chi connectivity index (χ3n) is 7.43. The molecule has 0 saturated carbocycles. The van der Waals surface area contributed by atoms with Crippen molar-refractivity contribution in [2.45, 2.75) is 63.3 Å². The summed E-state index contributed by atoms with van der Waals surface area (Å²) in [5.74, 6) is 2.17. The molecule has 0 bridgehead atoms. The number of hydrogen-bond donors (Lipinski definition) is 1. The summed E-state index contributed by atoms with van der Waals surface area (Å²) in [5, 5.41) is 3.20. The van der Waals surface area contributed by atoms with E-state index in [-0.39, 0.29) is 24.1 Å². The van der Waals surface area contributed by atoms with Gasteiger partial charge in [0.15, 0.2) is 11.5 Å². The van der Waals surface area contributed by atoms with Gasteiger partial charge < -0.3 is 19.7 Å². The summed E-state index contributed by atoms with van der Waals surface area (Å²) in [6.07, 6.45) is 5.21. The van der Waals surface area contributed by atoms with Gasteiger partial charge in [-0.3, -0.25) is 9.59 Å². The number of aryl methyl sites for hydroxylation is 1. The molecule has 2 aromatic rings. The fraction of sp³-hybridized carbons (Fsp3) is 0.481. The molecular weight excluding hydrogens is 416 g/mol. The van der Waals surface area contributed by atoms with Crippen LogP contribution in [-0.4, -0.2) is 42.1 Å². The van der Waals surface area contributed by atoms with E-state index in [0.717, 1.165) is 49.4 Å². The molecule has 6 heteroatoms. The number of piperidine rings is 1. The van der Waals surface area contributed by atoms with Crippen LogP contribution in [0, 0.1) is 6.92 Å². The van der Waals surface area contributed by atoms with E-state index in [0.29, 0.717) is 31.6 Å². The first-order valence-electron chi connectivity index (χ1n) is 12.0. The van der Waals surface area contributed by atoms with Crippen molar-refractivity contribution in [2.24, 2.45) is 0 Å². The molecule has 2 amide bonds. The van der Waals surface area contributed by atoms with E-state index >= 15 is 0 Å². The maximum atomic E-state index is 13.2. The predicted octanol–water partition coefficient (Wildman–Crippen LogP) is 4.10. The van der Waals surface area contributed by atoms with E-state index < -0.39 is 0 Å². The standard InChI is InChI=1S/C27H32N2O4/c1-19-5-2-3-7-22(19)21-6-4-14-29(17-21)26(31)11-13-27(12-10-25(30)28-27)16-20-8-9-23-24(15-20)33-18-32-23/h2-3,5,7-9,15,21H,4,6,10-14,16-18H2,1H3,(H,28,30)/t21-,27+/m1/s1. The summed E-state index contributed by atoms with van der Waals surface area (Å²) in [5.41, 5.74) is 3.36. The van der Waals surface area contributed by atoms with E-state index in [1.165, 1.54) is 11.1 Å². The van der Waals surface area contributed by atoms with Crippen molar-refractivity contribution >= 4 is 11.8 Å². The van der Waals surface area contributed by atoms with Gasteiger partial charge in [-0.05, 0) is 67.9 Å². The first-order chi connectivity index (χ1) is 16.0. The van der Waals surface area contributed by atoms with Crippen LogP contribution in [-0.2, 0) is 16.0 Å². The Morgan fingerprint density at radius 1 is 1.18 bits per heavy atom. The number of nitrogens with one attached hydrogen (secondary N) is 1. The molecule has 3 aliphatic heterocycles. The first kappa shape index (κ1) is 21.8. The first-order valence-corrected chi connectivity index (χ1v) is 12.0. The van der Waals surface area contributed by atoms with Crippen LogP contribution in [0.4, 0.5) is 0 Å². The monoisotopic (exact) mass is 448 g/mol. The zero-order valence-corrected chi connectivity index (χ0v) is 19.3. The average molecular weight is 449 g/mol. The van der Waals surface area contributed by atoms with Gasteiger partial charge >= 0.3 is 0 Å². The van der Waals surface area contributed by atoms with Crippen molar-refractivity contribution in [3.8, 4) is 11.5 Å². The summed E-state index contributed by atoms with van der Waals surface area (Å²) in [4.78, 5) is 27.4. The molecule has 1 N–H and O–H groups in total. The second-order valence-corrected chi connectivity index (χ2v) is 9.73. The SMILES string of the molecule is Cc1ccccc1[C@@H]1CCCN(C(=O)CC[C@]2(Cc3ccc4c(c3)OCO4)CCC(=O)N2)C1. The van der Waals surface area contributed by atoms with Gasteiger partial charge in [0.05, 0.1) is 0 Å². The highest BCUT2D eigenvalue weighted by molar-refractivity contribution is 5.80. The molecule has 174 valence electrons. The molecule has 2 aromatic carbocycles. The zero-order chi connectivity index (χ0) is 22.8. The maximum absolute atomic E-state index is 13.2. The van der Waals surface area contributed by atoms with Crippen LogP contribution >= 0.6 is 0 Å². The van der Waals surface area contributed by atoms with Gasteiger partial charge in [0.25, 0.3) is 0 Å². The summed E-state index contributed by atoms with van der Waals surface area (Å²) >= 11 is 0. The van der Waals surface area contributed by atoms with Crippen molar-refractivity contribution < 1.29 is 19.1 Å². The van der Waals surface area contributed by atoms with E-state index in [1.54, 1.807) is 0 Å².